The molecule has 17 heavy (non-hydrogen) atoms. The van der Waals surface area contributed by atoms with Crippen molar-refractivity contribution in [3.63, 3.8) is 0 Å². The van der Waals surface area contributed by atoms with Crippen molar-refractivity contribution < 1.29 is 17.9 Å². The highest BCUT2D eigenvalue weighted by Gasteiger charge is 2.27. The molecule has 6 nitrogen and oxygen atoms in total. The van der Waals surface area contributed by atoms with Gasteiger partial charge in [-0.25, -0.2) is 0 Å². The average molecular weight is 247 g/mol. The molecule has 0 fully saturated rings. The second-order valence-corrected chi connectivity index (χ2v) is 3.23. The van der Waals surface area contributed by atoms with Gasteiger partial charge in [0.05, 0.1) is 19.2 Å². The Kier molecular flexibility index (Phi) is 2.74. The van der Waals surface area contributed by atoms with E-state index in [1.165, 1.54) is 6.20 Å². The summed E-state index contributed by atoms with van der Waals surface area (Å²) in [7, 11) is 0. The summed E-state index contributed by atoms with van der Waals surface area (Å²) in [6.45, 7) is -0.528. The van der Waals surface area contributed by atoms with Gasteiger partial charge in [0.25, 0.3) is 0 Å². The van der Waals surface area contributed by atoms with Gasteiger partial charge in [0.15, 0.2) is 5.65 Å². The highest BCUT2D eigenvalue weighted by molar-refractivity contribution is 5.80. The van der Waals surface area contributed by atoms with Crippen molar-refractivity contribution in [2.75, 3.05) is 12.3 Å². The van der Waals surface area contributed by atoms with E-state index in [1.807, 2.05) is 0 Å². The molecule has 2 rings (SSSR count). The second kappa shape index (κ2) is 4.07. The largest absolute Gasteiger partial charge is 0.477 e. The summed E-state index contributed by atoms with van der Waals surface area (Å²) < 4.78 is 40.7. The van der Waals surface area contributed by atoms with E-state index in [-0.39, 0.29) is 11.8 Å². The standard InChI is InChI=1S/C8H8F3N5O/c9-8(10,11)1-2-17-6-4-3-13-16-5(4)14-7(12)15-6/h3H,1-2H2,(H3,12,13,14,15,16). The summed E-state index contributed by atoms with van der Waals surface area (Å²) >= 11 is 0. The Balaban J connectivity index is 2.15. The summed E-state index contributed by atoms with van der Waals surface area (Å²) in [5.74, 6) is -0.103. The van der Waals surface area contributed by atoms with E-state index in [4.69, 9.17) is 10.5 Å². The minimum Gasteiger partial charge on any atom is -0.477 e. The van der Waals surface area contributed by atoms with Gasteiger partial charge in [-0.15, -0.1) is 0 Å². The van der Waals surface area contributed by atoms with Crippen LogP contribution in [0.2, 0.25) is 0 Å². The van der Waals surface area contributed by atoms with E-state index in [0.717, 1.165) is 0 Å². The van der Waals surface area contributed by atoms with Gasteiger partial charge in [-0.3, -0.25) is 5.10 Å². The molecule has 0 aliphatic heterocycles. The molecule has 0 saturated heterocycles. The minimum absolute atomic E-state index is 0.00880. The van der Waals surface area contributed by atoms with E-state index >= 15 is 0 Å². The number of nitrogens with zero attached hydrogens (tertiary/aromatic N) is 3. The first-order chi connectivity index (χ1) is 7.96. The number of anilines is 1. The SMILES string of the molecule is Nc1nc(OCCC(F)(F)F)c2cn[nH]c2n1. The topological polar surface area (TPSA) is 89.7 Å². The number of alkyl halides is 3. The zero-order chi connectivity index (χ0) is 12.5. The molecule has 3 N–H and O–H groups in total. The van der Waals surface area contributed by atoms with E-state index < -0.39 is 19.2 Å². The fourth-order valence-electron chi connectivity index (χ4n) is 1.20. The molecule has 0 radical (unpaired) electrons. The van der Waals surface area contributed by atoms with Crippen LogP contribution < -0.4 is 10.5 Å². The highest BCUT2D eigenvalue weighted by Crippen LogP contribution is 2.23. The zero-order valence-corrected chi connectivity index (χ0v) is 8.45. The Bertz CT molecular complexity index is 523. The van der Waals surface area contributed by atoms with Crippen molar-refractivity contribution in [1.29, 1.82) is 0 Å². The lowest BCUT2D eigenvalue weighted by atomic mass is 10.4. The number of halogens is 3. The Morgan fingerprint density at radius 3 is 2.82 bits per heavy atom. The number of nitrogens with two attached hydrogens (primary N) is 1. The molecule has 2 heterocycles. The highest BCUT2D eigenvalue weighted by atomic mass is 19.4. The minimum atomic E-state index is -4.27. The van der Waals surface area contributed by atoms with Crippen LogP contribution in [0.5, 0.6) is 5.88 Å². The maximum absolute atomic E-state index is 11.9. The van der Waals surface area contributed by atoms with Crippen LogP contribution in [0.1, 0.15) is 6.42 Å². The van der Waals surface area contributed by atoms with Crippen molar-refractivity contribution in [3.8, 4) is 5.88 Å². The van der Waals surface area contributed by atoms with Crippen LogP contribution in [-0.4, -0.2) is 32.9 Å². The third kappa shape index (κ3) is 2.74. The van der Waals surface area contributed by atoms with Crippen LogP contribution in [0, 0.1) is 0 Å². The first-order valence-electron chi connectivity index (χ1n) is 4.62. The Hall–Kier alpha value is -2.06. The van der Waals surface area contributed by atoms with Crippen LogP contribution in [0.15, 0.2) is 6.20 Å². The number of rotatable bonds is 3. The molecule has 0 aliphatic carbocycles. The summed E-state index contributed by atoms with van der Waals surface area (Å²) in [6, 6.07) is 0. The lowest BCUT2D eigenvalue weighted by Gasteiger charge is -2.08. The summed E-state index contributed by atoms with van der Waals surface area (Å²) in [5.41, 5.74) is 5.69. The average Bonchev–Trinajstić information content (AvgIpc) is 2.63. The third-order valence-electron chi connectivity index (χ3n) is 1.92. The van der Waals surface area contributed by atoms with Crippen molar-refractivity contribution in [2.24, 2.45) is 0 Å². The van der Waals surface area contributed by atoms with Gasteiger partial charge in [-0.1, -0.05) is 0 Å². The lowest BCUT2D eigenvalue weighted by molar-refractivity contribution is -0.139. The van der Waals surface area contributed by atoms with Gasteiger partial charge in [0.2, 0.25) is 11.8 Å². The molecule has 0 spiro atoms. The molecule has 0 atom stereocenters. The number of hydrogen-bond donors (Lipinski definition) is 2. The maximum atomic E-state index is 11.9. The summed E-state index contributed by atoms with van der Waals surface area (Å²) in [4.78, 5) is 7.51. The second-order valence-electron chi connectivity index (χ2n) is 3.23. The molecular formula is C8H8F3N5O. The number of ether oxygens (including phenoxy) is 1. The molecule has 0 bridgehead atoms. The number of nitrogens with one attached hydrogen (secondary N) is 1. The molecular weight excluding hydrogens is 239 g/mol. The molecule has 0 amide bonds. The fourth-order valence-corrected chi connectivity index (χ4v) is 1.20. The van der Waals surface area contributed by atoms with E-state index in [2.05, 4.69) is 20.2 Å². The zero-order valence-electron chi connectivity index (χ0n) is 8.45. The quantitative estimate of drug-likeness (QED) is 0.852. The molecule has 0 aromatic carbocycles. The molecule has 9 heteroatoms. The van der Waals surface area contributed by atoms with Gasteiger partial charge in [0.1, 0.15) is 5.39 Å². The predicted octanol–water partition coefficient (Wildman–Crippen LogP) is 1.27. The normalized spacial score (nSPS) is 11.9. The van der Waals surface area contributed by atoms with Crippen molar-refractivity contribution in [3.05, 3.63) is 6.20 Å². The summed E-state index contributed by atoms with van der Waals surface area (Å²) in [6.07, 6.45) is -3.97. The Morgan fingerprint density at radius 2 is 2.12 bits per heavy atom. The number of hydrogen-bond acceptors (Lipinski definition) is 5. The van der Waals surface area contributed by atoms with Crippen LogP contribution >= 0.6 is 0 Å². The van der Waals surface area contributed by atoms with Gasteiger partial charge >= 0.3 is 6.18 Å². The third-order valence-corrected chi connectivity index (χ3v) is 1.92. The molecule has 0 unspecified atom stereocenters. The molecule has 0 saturated carbocycles. The van der Waals surface area contributed by atoms with Crippen LogP contribution in [0.4, 0.5) is 19.1 Å². The van der Waals surface area contributed by atoms with Crippen molar-refractivity contribution in [1.82, 2.24) is 20.2 Å². The predicted molar refractivity (Wildman–Crippen MR) is 52.3 cm³/mol. The smallest absolute Gasteiger partial charge is 0.392 e. The molecule has 0 aliphatic rings. The summed E-state index contributed by atoms with van der Waals surface area (Å²) in [5, 5.41) is 6.59. The van der Waals surface area contributed by atoms with Crippen LogP contribution in [0.3, 0.4) is 0 Å². The monoisotopic (exact) mass is 247 g/mol. The first-order valence-corrected chi connectivity index (χ1v) is 4.62. The number of H-pyrrole nitrogens is 1. The van der Waals surface area contributed by atoms with Gasteiger partial charge in [0, 0.05) is 0 Å². The van der Waals surface area contributed by atoms with E-state index in [0.29, 0.717) is 11.0 Å². The van der Waals surface area contributed by atoms with Crippen LogP contribution in [0.25, 0.3) is 11.0 Å². The van der Waals surface area contributed by atoms with Crippen LogP contribution in [-0.2, 0) is 0 Å². The molecule has 2 aromatic heterocycles. The number of nitrogen functional groups attached to an aromatic ring is 1. The number of aromatic nitrogens is 4. The van der Waals surface area contributed by atoms with Gasteiger partial charge < -0.3 is 10.5 Å². The van der Waals surface area contributed by atoms with Crippen molar-refractivity contribution in [2.45, 2.75) is 12.6 Å². The van der Waals surface area contributed by atoms with E-state index in [1.54, 1.807) is 0 Å². The van der Waals surface area contributed by atoms with Crippen molar-refractivity contribution >= 4 is 17.0 Å². The molecule has 2 aromatic rings. The first kappa shape index (κ1) is 11.4. The Labute approximate surface area is 93.0 Å². The molecule has 92 valence electrons. The fraction of sp³-hybridized carbons (Fsp3) is 0.375. The lowest BCUT2D eigenvalue weighted by Crippen LogP contribution is -2.13. The van der Waals surface area contributed by atoms with Gasteiger partial charge in [-0.2, -0.15) is 28.2 Å². The maximum Gasteiger partial charge on any atom is 0.392 e. The number of fused-ring (bicyclic) bond motifs is 1. The Morgan fingerprint density at radius 1 is 1.35 bits per heavy atom. The van der Waals surface area contributed by atoms with E-state index in [9.17, 15) is 13.2 Å². The van der Waals surface area contributed by atoms with Gasteiger partial charge in [-0.05, 0) is 0 Å². The number of aromatic amines is 1.